The monoisotopic (exact) mass is 738 g/mol. The molecule has 0 aliphatic rings. The van der Waals surface area contributed by atoms with Crippen LogP contribution in [-0.4, -0.2) is 73.7 Å². The first-order chi connectivity index (χ1) is 24.3. The number of unbranched alkanes of at least 4 members (excludes halogenated alkanes) is 22. The number of esters is 2. The SMILES string of the molecule is CCCCCCCCCCCCCCC(=O)OC[C@H](COC[C@H](CO)OP(=O)(O)OCCN)OC(=O)CCCCCCCCCCCCCC. The molecule has 0 aromatic rings. The predicted molar refractivity (Wildman–Crippen MR) is 200 cm³/mol. The molecule has 0 amide bonds. The third kappa shape index (κ3) is 34.0. The lowest BCUT2D eigenvalue weighted by Crippen LogP contribution is -2.32. The lowest BCUT2D eigenvalue weighted by molar-refractivity contribution is -0.163. The van der Waals surface area contributed by atoms with Gasteiger partial charge in [-0.2, -0.15) is 0 Å². The highest BCUT2D eigenvalue weighted by atomic mass is 31.2. The lowest BCUT2D eigenvalue weighted by Gasteiger charge is -2.21. The average molecular weight is 738 g/mol. The highest BCUT2D eigenvalue weighted by Crippen LogP contribution is 2.44. The van der Waals surface area contributed by atoms with Gasteiger partial charge < -0.3 is 29.9 Å². The summed E-state index contributed by atoms with van der Waals surface area (Å²) >= 11 is 0. The molecule has 0 rings (SSSR count). The van der Waals surface area contributed by atoms with E-state index in [1.54, 1.807) is 0 Å². The van der Waals surface area contributed by atoms with Gasteiger partial charge >= 0.3 is 19.8 Å². The van der Waals surface area contributed by atoms with E-state index in [-0.39, 0.29) is 45.4 Å². The zero-order valence-corrected chi connectivity index (χ0v) is 32.9. The maximum absolute atomic E-state index is 12.6. The van der Waals surface area contributed by atoms with E-state index in [0.29, 0.717) is 6.42 Å². The van der Waals surface area contributed by atoms with Crippen molar-refractivity contribution in [2.75, 3.05) is 39.6 Å². The van der Waals surface area contributed by atoms with Gasteiger partial charge in [-0.3, -0.25) is 18.6 Å². The topological polar surface area (TPSA) is 164 Å². The molecule has 0 radical (unpaired) electrons. The molecule has 0 aliphatic carbocycles. The Morgan fingerprint density at radius 2 is 1.00 bits per heavy atom. The predicted octanol–water partition coefficient (Wildman–Crippen LogP) is 9.09. The largest absolute Gasteiger partial charge is 0.472 e. The molecule has 0 aromatic heterocycles. The van der Waals surface area contributed by atoms with Crippen molar-refractivity contribution in [2.24, 2.45) is 5.73 Å². The molecule has 0 spiro atoms. The second-order valence-corrected chi connectivity index (χ2v) is 15.0. The fourth-order valence-corrected chi connectivity index (χ4v) is 6.58. The Morgan fingerprint density at radius 3 is 1.42 bits per heavy atom. The smallest absolute Gasteiger partial charge is 0.462 e. The number of hydrogen-bond donors (Lipinski definition) is 3. The van der Waals surface area contributed by atoms with Gasteiger partial charge in [-0.15, -0.1) is 0 Å². The molecule has 3 atom stereocenters. The summed E-state index contributed by atoms with van der Waals surface area (Å²) < 4.78 is 38.3. The minimum atomic E-state index is -4.43. The van der Waals surface area contributed by atoms with E-state index < -0.39 is 32.6 Å². The van der Waals surface area contributed by atoms with E-state index in [1.165, 1.54) is 116 Å². The molecule has 50 heavy (non-hydrogen) atoms. The number of aliphatic hydroxyl groups is 1. The van der Waals surface area contributed by atoms with Crippen LogP contribution in [0.2, 0.25) is 0 Å². The van der Waals surface area contributed by atoms with Crippen molar-refractivity contribution in [3.05, 3.63) is 0 Å². The van der Waals surface area contributed by atoms with Crippen molar-refractivity contribution < 1.29 is 47.4 Å². The number of phosphoric acid groups is 1. The number of ether oxygens (including phenoxy) is 3. The molecule has 298 valence electrons. The number of aliphatic hydroxyl groups excluding tert-OH is 1. The molecule has 0 bridgehead atoms. The van der Waals surface area contributed by atoms with Crippen molar-refractivity contribution in [1.82, 2.24) is 0 Å². The summed E-state index contributed by atoms with van der Waals surface area (Å²) in [6.45, 7) is 3.13. The minimum absolute atomic E-state index is 0.0263. The Hall–Kier alpha value is -1.07. The number of carbonyl (C=O) groups is 2. The van der Waals surface area contributed by atoms with Gasteiger partial charge in [0.1, 0.15) is 12.7 Å². The second-order valence-electron chi connectivity index (χ2n) is 13.6. The van der Waals surface area contributed by atoms with Gasteiger partial charge in [-0.05, 0) is 12.8 Å². The maximum Gasteiger partial charge on any atom is 0.472 e. The molecule has 0 saturated carbocycles. The van der Waals surface area contributed by atoms with Gasteiger partial charge in [0.15, 0.2) is 6.10 Å². The van der Waals surface area contributed by atoms with Crippen LogP contribution in [0.3, 0.4) is 0 Å². The van der Waals surface area contributed by atoms with Crippen molar-refractivity contribution >= 4 is 19.8 Å². The van der Waals surface area contributed by atoms with Crippen molar-refractivity contribution in [3.8, 4) is 0 Å². The molecule has 0 heterocycles. The normalized spacial score (nSPS) is 13.9. The first kappa shape index (κ1) is 48.9. The minimum Gasteiger partial charge on any atom is -0.462 e. The van der Waals surface area contributed by atoms with Gasteiger partial charge in [0.25, 0.3) is 0 Å². The van der Waals surface area contributed by atoms with E-state index in [9.17, 15) is 24.2 Å². The second kappa shape index (κ2) is 36.3. The molecule has 0 aromatic carbocycles. The Kier molecular flexibility index (Phi) is 35.5. The highest BCUT2D eigenvalue weighted by Gasteiger charge is 2.27. The molecule has 0 aliphatic heterocycles. The van der Waals surface area contributed by atoms with Crippen LogP contribution < -0.4 is 5.73 Å². The van der Waals surface area contributed by atoms with Gasteiger partial charge in [0.2, 0.25) is 0 Å². The van der Waals surface area contributed by atoms with Crippen LogP contribution in [0.25, 0.3) is 0 Å². The molecule has 0 saturated heterocycles. The zero-order chi connectivity index (χ0) is 37.0. The van der Waals surface area contributed by atoms with Gasteiger partial charge in [-0.1, -0.05) is 155 Å². The van der Waals surface area contributed by atoms with Crippen LogP contribution in [-0.2, 0) is 37.4 Å². The van der Waals surface area contributed by atoms with Crippen LogP contribution in [0.15, 0.2) is 0 Å². The lowest BCUT2D eigenvalue weighted by atomic mass is 10.0. The highest BCUT2D eigenvalue weighted by molar-refractivity contribution is 7.47. The third-order valence-corrected chi connectivity index (χ3v) is 9.74. The molecule has 4 N–H and O–H groups in total. The van der Waals surface area contributed by atoms with Crippen molar-refractivity contribution in [2.45, 2.75) is 193 Å². The fraction of sp³-hybridized carbons (Fsp3) is 0.947. The number of hydrogen-bond acceptors (Lipinski definition) is 10. The quantitative estimate of drug-likeness (QED) is 0.0313. The fourth-order valence-electron chi connectivity index (χ4n) is 5.67. The average Bonchev–Trinajstić information content (AvgIpc) is 3.10. The summed E-state index contributed by atoms with van der Waals surface area (Å²) in [5.41, 5.74) is 5.30. The zero-order valence-electron chi connectivity index (χ0n) is 32.0. The van der Waals surface area contributed by atoms with Crippen LogP contribution in [0, 0.1) is 0 Å². The summed E-state index contributed by atoms with van der Waals surface area (Å²) in [5, 5.41) is 9.58. The Morgan fingerprint density at radius 1 is 0.600 bits per heavy atom. The van der Waals surface area contributed by atoms with E-state index in [0.717, 1.165) is 38.5 Å². The van der Waals surface area contributed by atoms with E-state index >= 15 is 0 Å². The molecular formula is C38H76NO10P. The van der Waals surface area contributed by atoms with Crippen molar-refractivity contribution in [1.29, 1.82) is 0 Å². The summed E-state index contributed by atoms with van der Waals surface area (Å²) in [4.78, 5) is 34.9. The summed E-state index contributed by atoms with van der Waals surface area (Å²) in [6, 6.07) is 0. The Labute approximate surface area is 305 Å². The van der Waals surface area contributed by atoms with Crippen LogP contribution in [0.1, 0.15) is 181 Å². The van der Waals surface area contributed by atoms with Gasteiger partial charge in [0, 0.05) is 19.4 Å². The van der Waals surface area contributed by atoms with Gasteiger partial charge in [-0.25, -0.2) is 4.57 Å². The number of phosphoric ester groups is 1. The number of carbonyl (C=O) groups excluding carboxylic acids is 2. The van der Waals surface area contributed by atoms with Crippen LogP contribution in [0.4, 0.5) is 0 Å². The molecule has 11 nitrogen and oxygen atoms in total. The van der Waals surface area contributed by atoms with Gasteiger partial charge in [0.05, 0.1) is 26.4 Å². The molecule has 12 heteroatoms. The van der Waals surface area contributed by atoms with Crippen LogP contribution in [0.5, 0.6) is 0 Å². The number of rotatable bonds is 39. The first-order valence-electron chi connectivity index (χ1n) is 20.2. The Balaban J connectivity index is 4.49. The Bertz CT molecular complexity index is 818. The van der Waals surface area contributed by atoms with Crippen molar-refractivity contribution in [3.63, 3.8) is 0 Å². The summed E-state index contributed by atoms with van der Waals surface area (Å²) in [5.74, 6) is -0.749. The first-order valence-corrected chi connectivity index (χ1v) is 21.7. The third-order valence-electron chi connectivity index (χ3n) is 8.66. The summed E-state index contributed by atoms with van der Waals surface area (Å²) in [6.07, 6.45) is 27.3. The molecule has 1 unspecified atom stereocenters. The van der Waals surface area contributed by atoms with E-state index in [1.807, 2.05) is 0 Å². The van der Waals surface area contributed by atoms with E-state index in [2.05, 4.69) is 13.8 Å². The maximum atomic E-state index is 12.6. The molecule has 0 fully saturated rings. The summed E-state index contributed by atoms with van der Waals surface area (Å²) in [7, 11) is -4.43. The standard InChI is InChI=1S/C38H76NO10P/c1-3-5-7-9-11-13-15-17-19-21-23-25-27-37(41)46-34-36(33-45-32-35(31-40)49-50(43,44)47-30-29-39)48-38(42)28-26-24-22-20-18-16-14-12-10-8-6-4-2/h35-36,40H,3-34,39H2,1-2H3,(H,43,44)/t35-,36-/m0/s1. The van der Waals surface area contributed by atoms with Crippen LogP contribution >= 0.6 is 7.82 Å². The number of nitrogens with two attached hydrogens (primary N) is 1. The van der Waals surface area contributed by atoms with E-state index in [4.69, 9.17) is 29.0 Å². The molecular weight excluding hydrogens is 661 g/mol.